The number of hydrogen-bond acceptors (Lipinski definition) is 3. The first-order valence-corrected chi connectivity index (χ1v) is 7.82. The highest BCUT2D eigenvalue weighted by atomic mass is 35.5. The Balaban J connectivity index is 1.80. The van der Waals surface area contributed by atoms with E-state index in [1.165, 1.54) is 0 Å². The molecule has 0 bridgehead atoms. The highest BCUT2D eigenvalue weighted by Gasteiger charge is 2.61. The molecule has 0 saturated carbocycles. The number of amides is 1. The molecule has 1 fully saturated rings. The average Bonchev–Trinajstić information content (AvgIpc) is 3.11. The summed E-state index contributed by atoms with van der Waals surface area (Å²) in [6, 6.07) is 14.7. The van der Waals surface area contributed by atoms with Gasteiger partial charge in [0.25, 0.3) is 0 Å². The molecule has 1 aliphatic heterocycles. The number of nitrogens with one attached hydrogen (secondary N) is 1. The van der Waals surface area contributed by atoms with E-state index in [0.717, 1.165) is 17.0 Å². The van der Waals surface area contributed by atoms with E-state index >= 15 is 0 Å². The Hall–Kier alpha value is -2.63. The molecule has 6 heteroatoms. The monoisotopic (exact) mass is 339 g/mol. The smallest absolute Gasteiger partial charge is 0.248 e. The zero-order valence-corrected chi connectivity index (χ0v) is 13.3. The van der Waals surface area contributed by atoms with Gasteiger partial charge in [0.05, 0.1) is 0 Å². The fourth-order valence-electron chi connectivity index (χ4n) is 3.01. The van der Waals surface area contributed by atoms with Crippen LogP contribution in [0.4, 0.5) is 0 Å². The second-order valence-electron chi connectivity index (χ2n) is 5.66. The number of aromatic nitrogens is 2. The molecule has 2 heterocycles. The van der Waals surface area contributed by atoms with E-state index in [1.807, 2.05) is 36.4 Å². The molecule has 1 saturated heterocycles. The van der Waals surface area contributed by atoms with Crippen LogP contribution in [0, 0.1) is 0 Å². The lowest BCUT2D eigenvalue weighted by Gasteiger charge is -2.14. The van der Waals surface area contributed by atoms with Gasteiger partial charge in [-0.1, -0.05) is 35.9 Å². The summed E-state index contributed by atoms with van der Waals surface area (Å²) >= 11 is 6.01. The van der Waals surface area contributed by atoms with Crippen LogP contribution in [-0.4, -0.2) is 15.9 Å². The molecule has 1 amide bonds. The van der Waals surface area contributed by atoms with Gasteiger partial charge >= 0.3 is 0 Å². The third kappa shape index (κ3) is 2.29. The molecular weight excluding hydrogens is 326 g/mol. The van der Waals surface area contributed by atoms with Crippen LogP contribution in [-0.2, 0) is 10.3 Å². The largest absolute Gasteiger partial charge is 0.366 e. The van der Waals surface area contributed by atoms with Crippen molar-refractivity contribution in [3.8, 4) is 0 Å². The summed E-state index contributed by atoms with van der Waals surface area (Å²) < 4.78 is 6.11. The third-order valence-electron chi connectivity index (χ3n) is 4.25. The number of nitrogens with zero attached hydrogens (tertiary/aromatic N) is 1. The van der Waals surface area contributed by atoms with Gasteiger partial charge in [-0.3, -0.25) is 4.79 Å². The maximum Gasteiger partial charge on any atom is 0.248 e. The molecule has 3 aromatic rings. The van der Waals surface area contributed by atoms with Crippen molar-refractivity contribution in [2.75, 3.05) is 0 Å². The fourth-order valence-corrected chi connectivity index (χ4v) is 3.13. The molecule has 1 aromatic heterocycles. The molecule has 1 aliphatic rings. The molecule has 0 spiro atoms. The van der Waals surface area contributed by atoms with E-state index in [-0.39, 0.29) is 6.10 Å². The Morgan fingerprint density at radius 1 is 1.12 bits per heavy atom. The van der Waals surface area contributed by atoms with Gasteiger partial charge in [-0.2, -0.15) is 0 Å². The van der Waals surface area contributed by atoms with Crippen LogP contribution in [0.15, 0.2) is 60.9 Å². The van der Waals surface area contributed by atoms with Gasteiger partial charge in [0.15, 0.2) is 11.7 Å². The number of rotatable bonds is 4. The Kier molecular flexibility index (Phi) is 3.40. The van der Waals surface area contributed by atoms with Crippen molar-refractivity contribution in [1.82, 2.24) is 9.97 Å². The minimum absolute atomic E-state index is 0.229. The van der Waals surface area contributed by atoms with Gasteiger partial charge in [-0.25, -0.2) is 4.98 Å². The molecular formula is C18H14ClN3O2. The van der Waals surface area contributed by atoms with Crippen LogP contribution in [0.25, 0.3) is 0 Å². The number of primary amides is 1. The fraction of sp³-hybridized carbons (Fsp3) is 0.111. The van der Waals surface area contributed by atoms with Gasteiger partial charge in [0, 0.05) is 23.0 Å². The second-order valence-corrected chi connectivity index (χ2v) is 6.09. The maximum absolute atomic E-state index is 11.3. The number of epoxide rings is 1. The van der Waals surface area contributed by atoms with Gasteiger partial charge in [-0.05, 0) is 35.4 Å². The summed E-state index contributed by atoms with van der Waals surface area (Å²) in [6.45, 7) is 0. The van der Waals surface area contributed by atoms with Crippen LogP contribution in [0.1, 0.15) is 33.4 Å². The first kappa shape index (κ1) is 14.9. The zero-order valence-electron chi connectivity index (χ0n) is 12.6. The molecule has 3 N–H and O–H groups in total. The van der Waals surface area contributed by atoms with Crippen LogP contribution in [0.2, 0.25) is 5.02 Å². The first-order valence-electron chi connectivity index (χ1n) is 7.45. The Labute approximate surface area is 143 Å². The zero-order chi connectivity index (χ0) is 16.7. The van der Waals surface area contributed by atoms with Crippen LogP contribution < -0.4 is 5.73 Å². The minimum Gasteiger partial charge on any atom is -0.366 e. The summed E-state index contributed by atoms with van der Waals surface area (Å²) in [5.41, 5.74) is 7.02. The van der Waals surface area contributed by atoms with Gasteiger partial charge in [0.1, 0.15) is 5.82 Å². The molecule has 5 nitrogen and oxygen atoms in total. The maximum atomic E-state index is 11.3. The van der Waals surface area contributed by atoms with E-state index < -0.39 is 11.5 Å². The van der Waals surface area contributed by atoms with Crippen molar-refractivity contribution in [2.45, 2.75) is 11.7 Å². The molecule has 0 aliphatic carbocycles. The predicted molar refractivity (Wildman–Crippen MR) is 89.6 cm³/mol. The number of H-pyrrole nitrogens is 1. The highest BCUT2D eigenvalue weighted by molar-refractivity contribution is 6.30. The predicted octanol–water partition coefficient (Wildman–Crippen LogP) is 3.18. The van der Waals surface area contributed by atoms with E-state index in [2.05, 4.69) is 9.97 Å². The molecule has 0 radical (unpaired) electrons. The van der Waals surface area contributed by atoms with Crippen LogP contribution >= 0.6 is 11.6 Å². The molecule has 2 atom stereocenters. The number of hydrogen-bond donors (Lipinski definition) is 2. The third-order valence-corrected chi connectivity index (χ3v) is 4.51. The van der Waals surface area contributed by atoms with Crippen molar-refractivity contribution in [1.29, 1.82) is 0 Å². The van der Waals surface area contributed by atoms with Crippen LogP contribution in [0.5, 0.6) is 0 Å². The number of ether oxygens (including phenoxy) is 1. The molecule has 2 aromatic carbocycles. The van der Waals surface area contributed by atoms with Crippen LogP contribution in [0.3, 0.4) is 0 Å². The number of benzene rings is 2. The van der Waals surface area contributed by atoms with E-state index in [4.69, 9.17) is 22.1 Å². The summed E-state index contributed by atoms with van der Waals surface area (Å²) in [6.07, 6.45) is 3.23. The summed E-state index contributed by atoms with van der Waals surface area (Å²) in [5.74, 6) is 0.297. The quantitative estimate of drug-likeness (QED) is 0.716. The lowest BCUT2D eigenvalue weighted by molar-refractivity contribution is 0.1000. The normalized spacial score (nSPS) is 22.3. The summed E-state index contributed by atoms with van der Waals surface area (Å²) in [4.78, 5) is 18.7. The lowest BCUT2D eigenvalue weighted by atomic mass is 9.87. The van der Waals surface area contributed by atoms with Crippen molar-refractivity contribution in [2.24, 2.45) is 5.73 Å². The van der Waals surface area contributed by atoms with Crippen molar-refractivity contribution in [3.63, 3.8) is 0 Å². The molecule has 2 unspecified atom stereocenters. The average molecular weight is 340 g/mol. The Bertz CT molecular complexity index is 876. The van der Waals surface area contributed by atoms with E-state index in [1.54, 1.807) is 24.5 Å². The van der Waals surface area contributed by atoms with E-state index in [0.29, 0.717) is 10.6 Å². The lowest BCUT2D eigenvalue weighted by Crippen LogP contribution is -2.15. The second kappa shape index (κ2) is 5.47. The van der Waals surface area contributed by atoms with Gasteiger partial charge < -0.3 is 15.5 Å². The Morgan fingerprint density at radius 3 is 2.29 bits per heavy atom. The van der Waals surface area contributed by atoms with Crippen molar-refractivity contribution in [3.05, 3.63) is 88.5 Å². The number of imidazole rings is 1. The number of halogens is 1. The van der Waals surface area contributed by atoms with E-state index in [9.17, 15) is 4.79 Å². The van der Waals surface area contributed by atoms with Gasteiger partial charge in [-0.15, -0.1) is 0 Å². The summed E-state index contributed by atoms with van der Waals surface area (Å²) in [5, 5.41) is 0.660. The number of aromatic amines is 1. The first-order chi connectivity index (χ1) is 11.6. The van der Waals surface area contributed by atoms with Crippen molar-refractivity contribution < 1.29 is 9.53 Å². The Morgan fingerprint density at radius 2 is 1.75 bits per heavy atom. The number of carbonyl (C=O) groups excluding carboxylic acids is 1. The number of carbonyl (C=O) groups is 1. The SMILES string of the molecule is NC(=O)c1ccc(C2(c3ccc(Cl)cc3)OC2c2ncc[nH]2)cc1. The number of nitrogens with two attached hydrogens (primary N) is 1. The highest BCUT2D eigenvalue weighted by Crippen LogP contribution is 2.60. The molecule has 24 heavy (non-hydrogen) atoms. The van der Waals surface area contributed by atoms with Gasteiger partial charge in [0.2, 0.25) is 5.91 Å². The topological polar surface area (TPSA) is 84.3 Å². The standard InChI is InChI=1S/C18H14ClN3O2/c19-14-7-5-13(6-8-14)18(15(24-18)17-21-9-10-22-17)12-3-1-11(2-4-12)16(20)23/h1-10,15H,(H2,20,23)(H,21,22). The molecule has 120 valence electrons. The van der Waals surface area contributed by atoms with Crippen molar-refractivity contribution >= 4 is 17.5 Å². The minimum atomic E-state index is -0.654. The summed E-state index contributed by atoms with van der Waals surface area (Å²) in [7, 11) is 0. The molecule has 4 rings (SSSR count).